The fourth-order valence-corrected chi connectivity index (χ4v) is 2.60. The molecule has 0 atom stereocenters. The van der Waals surface area contributed by atoms with Gasteiger partial charge in [0, 0.05) is 17.8 Å². The zero-order valence-corrected chi connectivity index (χ0v) is 12.1. The van der Waals surface area contributed by atoms with Crippen LogP contribution in [0.4, 0.5) is 5.82 Å². The molecule has 4 nitrogen and oxygen atoms in total. The van der Waals surface area contributed by atoms with Crippen LogP contribution in [0.5, 0.6) is 0 Å². The monoisotopic (exact) mass is 263 g/mol. The highest BCUT2D eigenvalue weighted by Crippen LogP contribution is 2.24. The molecule has 0 saturated carbocycles. The lowest BCUT2D eigenvalue weighted by atomic mass is 9.97. The van der Waals surface area contributed by atoms with Gasteiger partial charge in [0.1, 0.15) is 12.1 Å². The normalized spacial score (nSPS) is 15.7. The van der Waals surface area contributed by atoms with Crippen LogP contribution in [0.1, 0.15) is 57.2 Å². The number of fused-ring (bicyclic) bond motifs is 1. The van der Waals surface area contributed by atoms with E-state index in [2.05, 4.69) is 15.3 Å². The maximum Gasteiger partial charge on any atom is 0.132 e. The van der Waals surface area contributed by atoms with Crippen LogP contribution < -0.4 is 5.32 Å². The Hall–Kier alpha value is -1.16. The van der Waals surface area contributed by atoms with Crippen molar-refractivity contribution in [3.05, 3.63) is 17.6 Å². The van der Waals surface area contributed by atoms with E-state index in [0.717, 1.165) is 31.5 Å². The van der Waals surface area contributed by atoms with E-state index in [1.54, 1.807) is 6.33 Å². The summed E-state index contributed by atoms with van der Waals surface area (Å²) in [7, 11) is 0. The van der Waals surface area contributed by atoms with Gasteiger partial charge < -0.3 is 10.4 Å². The van der Waals surface area contributed by atoms with Gasteiger partial charge in [-0.2, -0.15) is 0 Å². The molecule has 0 aliphatic heterocycles. The highest BCUT2D eigenvalue weighted by atomic mass is 16.3. The number of aryl methyl sites for hydroxylation is 1. The molecule has 0 radical (unpaired) electrons. The Kier molecular flexibility index (Phi) is 4.75. The molecular formula is C15H25N3O. The molecule has 0 fully saturated rings. The SMILES string of the molecule is CCC(O)(CC)CNc1ncnc2c1CCCCC2. The smallest absolute Gasteiger partial charge is 0.132 e. The van der Waals surface area contributed by atoms with Gasteiger partial charge in [-0.15, -0.1) is 0 Å². The van der Waals surface area contributed by atoms with Gasteiger partial charge in [0.05, 0.1) is 5.60 Å². The average molecular weight is 263 g/mol. The summed E-state index contributed by atoms with van der Waals surface area (Å²) in [6.07, 6.45) is 8.95. The Morgan fingerprint density at radius 3 is 2.63 bits per heavy atom. The Morgan fingerprint density at radius 2 is 1.89 bits per heavy atom. The molecule has 2 N–H and O–H groups in total. The van der Waals surface area contributed by atoms with Crippen LogP contribution in [0.2, 0.25) is 0 Å². The quantitative estimate of drug-likeness (QED) is 0.802. The number of hydrogen-bond acceptors (Lipinski definition) is 4. The van der Waals surface area contributed by atoms with Gasteiger partial charge in [-0.3, -0.25) is 0 Å². The summed E-state index contributed by atoms with van der Waals surface area (Å²) in [5.41, 5.74) is 1.81. The van der Waals surface area contributed by atoms with E-state index in [4.69, 9.17) is 0 Å². The third-order valence-corrected chi connectivity index (χ3v) is 4.28. The summed E-state index contributed by atoms with van der Waals surface area (Å²) < 4.78 is 0. The van der Waals surface area contributed by atoms with Crippen LogP contribution >= 0.6 is 0 Å². The lowest BCUT2D eigenvalue weighted by molar-refractivity contribution is 0.0456. The summed E-state index contributed by atoms with van der Waals surface area (Å²) >= 11 is 0. The molecule has 1 aromatic heterocycles. The third-order valence-electron chi connectivity index (χ3n) is 4.28. The van der Waals surface area contributed by atoms with Crippen LogP contribution in [0.15, 0.2) is 6.33 Å². The highest BCUT2D eigenvalue weighted by molar-refractivity contribution is 5.46. The number of aliphatic hydroxyl groups is 1. The van der Waals surface area contributed by atoms with Gasteiger partial charge in [0.25, 0.3) is 0 Å². The molecular weight excluding hydrogens is 238 g/mol. The number of rotatable bonds is 5. The predicted molar refractivity (Wildman–Crippen MR) is 77.3 cm³/mol. The Morgan fingerprint density at radius 1 is 1.16 bits per heavy atom. The van der Waals surface area contributed by atoms with Gasteiger partial charge in [-0.1, -0.05) is 20.3 Å². The van der Waals surface area contributed by atoms with Gasteiger partial charge in [0.15, 0.2) is 0 Å². The zero-order chi connectivity index (χ0) is 13.7. The molecule has 19 heavy (non-hydrogen) atoms. The van der Waals surface area contributed by atoms with Crippen LogP contribution in [-0.2, 0) is 12.8 Å². The van der Waals surface area contributed by atoms with Crippen molar-refractivity contribution in [2.75, 3.05) is 11.9 Å². The van der Waals surface area contributed by atoms with E-state index in [1.165, 1.54) is 30.5 Å². The average Bonchev–Trinajstić information content (AvgIpc) is 2.70. The summed E-state index contributed by atoms with van der Waals surface area (Å²) in [5.74, 6) is 0.923. The van der Waals surface area contributed by atoms with E-state index >= 15 is 0 Å². The first-order valence-electron chi connectivity index (χ1n) is 7.47. The number of hydrogen-bond donors (Lipinski definition) is 2. The maximum atomic E-state index is 10.3. The zero-order valence-electron chi connectivity index (χ0n) is 12.1. The number of aromatic nitrogens is 2. The highest BCUT2D eigenvalue weighted by Gasteiger charge is 2.23. The Bertz CT molecular complexity index is 416. The minimum absolute atomic E-state index is 0.559. The molecule has 1 heterocycles. The van der Waals surface area contributed by atoms with Crippen LogP contribution in [0, 0.1) is 0 Å². The standard InChI is InChI=1S/C15H25N3O/c1-3-15(19,4-2)10-16-14-12-8-6-5-7-9-13(12)17-11-18-14/h11,19H,3-10H2,1-2H3,(H,16,17,18). The molecule has 2 rings (SSSR count). The molecule has 0 unspecified atom stereocenters. The molecule has 0 bridgehead atoms. The predicted octanol–water partition coefficient (Wildman–Crippen LogP) is 2.71. The van der Waals surface area contributed by atoms with Crippen molar-refractivity contribution in [1.82, 2.24) is 9.97 Å². The second-order valence-corrected chi connectivity index (χ2v) is 5.49. The summed E-state index contributed by atoms with van der Waals surface area (Å²) in [4.78, 5) is 8.78. The first-order chi connectivity index (χ1) is 9.18. The summed E-state index contributed by atoms with van der Waals surface area (Å²) in [6.45, 7) is 4.60. The lowest BCUT2D eigenvalue weighted by Gasteiger charge is -2.26. The summed E-state index contributed by atoms with van der Waals surface area (Å²) in [6, 6.07) is 0. The van der Waals surface area contributed by atoms with E-state index in [1.807, 2.05) is 13.8 Å². The number of anilines is 1. The number of nitrogens with zero attached hydrogens (tertiary/aromatic N) is 2. The van der Waals surface area contributed by atoms with Crippen LogP contribution in [0.3, 0.4) is 0 Å². The molecule has 0 spiro atoms. The fraction of sp³-hybridized carbons (Fsp3) is 0.733. The van der Waals surface area contributed by atoms with Crippen molar-refractivity contribution >= 4 is 5.82 Å². The lowest BCUT2D eigenvalue weighted by Crippen LogP contribution is -2.35. The molecule has 1 aliphatic carbocycles. The first kappa shape index (κ1) is 14.3. The van der Waals surface area contributed by atoms with E-state index in [0.29, 0.717) is 6.54 Å². The third kappa shape index (κ3) is 3.44. The summed E-state index contributed by atoms with van der Waals surface area (Å²) in [5, 5.41) is 13.7. The fourth-order valence-electron chi connectivity index (χ4n) is 2.60. The Labute approximate surface area is 115 Å². The van der Waals surface area contributed by atoms with Gasteiger partial charge in [0.2, 0.25) is 0 Å². The first-order valence-corrected chi connectivity index (χ1v) is 7.47. The molecule has 0 amide bonds. The van der Waals surface area contributed by atoms with Gasteiger partial charge in [-0.25, -0.2) is 9.97 Å². The van der Waals surface area contributed by atoms with E-state index in [-0.39, 0.29) is 0 Å². The molecule has 0 saturated heterocycles. The van der Waals surface area contributed by atoms with E-state index in [9.17, 15) is 5.11 Å². The minimum atomic E-state index is -0.636. The van der Waals surface area contributed by atoms with Crippen molar-refractivity contribution < 1.29 is 5.11 Å². The Balaban J connectivity index is 2.12. The minimum Gasteiger partial charge on any atom is -0.388 e. The molecule has 0 aromatic carbocycles. The van der Waals surface area contributed by atoms with Crippen molar-refractivity contribution in [3.63, 3.8) is 0 Å². The van der Waals surface area contributed by atoms with Crippen molar-refractivity contribution in [2.24, 2.45) is 0 Å². The van der Waals surface area contributed by atoms with Gasteiger partial charge in [-0.05, 0) is 38.5 Å². The molecule has 106 valence electrons. The van der Waals surface area contributed by atoms with Crippen molar-refractivity contribution in [3.8, 4) is 0 Å². The van der Waals surface area contributed by atoms with Crippen molar-refractivity contribution in [2.45, 2.75) is 64.4 Å². The van der Waals surface area contributed by atoms with Gasteiger partial charge >= 0.3 is 0 Å². The maximum absolute atomic E-state index is 10.3. The second kappa shape index (κ2) is 6.33. The second-order valence-electron chi connectivity index (χ2n) is 5.49. The molecule has 4 heteroatoms. The van der Waals surface area contributed by atoms with Crippen molar-refractivity contribution in [1.29, 1.82) is 0 Å². The van der Waals surface area contributed by atoms with Crippen LogP contribution in [0.25, 0.3) is 0 Å². The topological polar surface area (TPSA) is 58.0 Å². The number of nitrogens with one attached hydrogen (secondary N) is 1. The molecule has 1 aromatic rings. The largest absolute Gasteiger partial charge is 0.388 e. The van der Waals surface area contributed by atoms with E-state index < -0.39 is 5.60 Å². The van der Waals surface area contributed by atoms with Crippen LogP contribution in [-0.4, -0.2) is 27.2 Å². The molecule has 1 aliphatic rings.